The third-order valence-electron chi connectivity index (χ3n) is 2.40. The number of halogens is 1. The minimum atomic E-state index is -0.323. The number of hydrogen-bond acceptors (Lipinski definition) is 1. The molecule has 0 aliphatic carbocycles. The van der Waals surface area contributed by atoms with E-state index in [0.29, 0.717) is 11.1 Å². The van der Waals surface area contributed by atoms with Gasteiger partial charge in [-0.2, -0.15) is 0 Å². The van der Waals surface area contributed by atoms with Gasteiger partial charge in [0.25, 0.3) is 0 Å². The number of carbonyl (C=O) groups excluding carboxylic acids is 1. The van der Waals surface area contributed by atoms with Crippen LogP contribution in [-0.2, 0) is 0 Å². The molecule has 0 heterocycles. The van der Waals surface area contributed by atoms with Gasteiger partial charge in [-0.25, -0.2) is 4.39 Å². The Labute approximate surface area is 105 Å². The van der Waals surface area contributed by atoms with Crippen LogP contribution in [0.2, 0.25) is 0 Å². The van der Waals surface area contributed by atoms with Crippen molar-refractivity contribution in [1.29, 1.82) is 0 Å². The lowest BCUT2D eigenvalue weighted by atomic mass is 10.1. The second kappa shape index (κ2) is 5.79. The third kappa shape index (κ3) is 3.29. The summed E-state index contributed by atoms with van der Waals surface area (Å²) in [4.78, 5) is 11.7. The summed E-state index contributed by atoms with van der Waals surface area (Å²) in [5, 5.41) is 0. The van der Waals surface area contributed by atoms with Crippen molar-refractivity contribution in [2.24, 2.45) is 0 Å². The van der Waals surface area contributed by atoms with E-state index in [1.807, 2.05) is 18.2 Å². The van der Waals surface area contributed by atoms with Gasteiger partial charge in [-0.3, -0.25) is 4.79 Å². The molecule has 2 heteroatoms. The van der Waals surface area contributed by atoms with Crippen molar-refractivity contribution in [3.63, 3.8) is 0 Å². The van der Waals surface area contributed by atoms with E-state index in [2.05, 4.69) is 11.8 Å². The molecule has 0 amide bonds. The minimum absolute atomic E-state index is 0.0282. The Kier molecular flexibility index (Phi) is 3.88. The van der Waals surface area contributed by atoms with Crippen LogP contribution in [0.5, 0.6) is 0 Å². The van der Waals surface area contributed by atoms with Crippen LogP contribution >= 0.6 is 0 Å². The lowest BCUT2D eigenvalue weighted by Gasteiger charge is -1.94. The van der Waals surface area contributed by atoms with Crippen molar-refractivity contribution in [3.8, 4) is 11.8 Å². The number of ketones is 1. The normalized spacial score (nSPS) is 9.39. The van der Waals surface area contributed by atoms with Gasteiger partial charge >= 0.3 is 0 Å². The monoisotopic (exact) mass is 238 g/mol. The first-order chi connectivity index (χ1) is 8.75. The first kappa shape index (κ1) is 12.1. The maximum absolute atomic E-state index is 12.9. The molecule has 88 valence electrons. The molecule has 0 fully saturated rings. The van der Waals surface area contributed by atoms with Gasteiger partial charge in [-0.1, -0.05) is 48.2 Å². The highest BCUT2D eigenvalue weighted by Crippen LogP contribution is 2.04. The molecule has 2 rings (SSSR count). The second-order valence-corrected chi connectivity index (χ2v) is 3.78. The predicted octanol–water partition coefficient (Wildman–Crippen LogP) is 3.45. The molecule has 0 aliphatic rings. The average Bonchev–Trinajstić information content (AvgIpc) is 2.40. The summed E-state index contributed by atoms with van der Waals surface area (Å²) >= 11 is 0. The molecule has 2 aromatic rings. The van der Waals surface area contributed by atoms with Crippen LogP contribution in [0.25, 0.3) is 0 Å². The summed E-state index contributed by atoms with van der Waals surface area (Å²) in [6.45, 7) is 0. The molecule has 0 radical (unpaired) electrons. The predicted molar refractivity (Wildman–Crippen MR) is 68.7 cm³/mol. The van der Waals surface area contributed by atoms with E-state index in [1.165, 1.54) is 12.1 Å². The third-order valence-corrected chi connectivity index (χ3v) is 2.40. The van der Waals surface area contributed by atoms with Gasteiger partial charge in [0, 0.05) is 11.1 Å². The Morgan fingerprint density at radius 1 is 1.06 bits per heavy atom. The van der Waals surface area contributed by atoms with Gasteiger partial charge in [-0.15, -0.1) is 0 Å². The molecular formula is C16H11FO. The van der Waals surface area contributed by atoms with Gasteiger partial charge < -0.3 is 0 Å². The van der Waals surface area contributed by atoms with Gasteiger partial charge in [0.2, 0.25) is 0 Å². The molecule has 0 unspecified atom stereocenters. The van der Waals surface area contributed by atoms with E-state index in [-0.39, 0.29) is 18.0 Å². The van der Waals surface area contributed by atoms with Gasteiger partial charge in [0.15, 0.2) is 5.78 Å². The topological polar surface area (TPSA) is 17.1 Å². The first-order valence-corrected chi connectivity index (χ1v) is 5.58. The Morgan fingerprint density at radius 2 is 1.83 bits per heavy atom. The van der Waals surface area contributed by atoms with Crippen LogP contribution in [0.4, 0.5) is 4.39 Å². The molecule has 0 aliphatic heterocycles. The van der Waals surface area contributed by atoms with Crippen molar-refractivity contribution in [2.75, 3.05) is 0 Å². The van der Waals surface area contributed by atoms with Crippen molar-refractivity contribution >= 4 is 5.78 Å². The SMILES string of the molecule is O=C(CC#Cc1cccc(F)c1)c1ccccc1. The highest BCUT2D eigenvalue weighted by molar-refractivity contribution is 5.97. The smallest absolute Gasteiger partial charge is 0.174 e. The maximum atomic E-state index is 12.9. The molecule has 18 heavy (non-hydrogen) atoms. The van der Waals surface area contributed by atoms with E-state index in [4.69, 9.17) is 0 Å². The Hall–Kier alpha value is -2.40. The quantitative estimate of drug-likeness (QED) is 0.578. The van der Waals surface area contributed by atoms with Gasteiger partial charge in [-0.05, 0) is 18.2 Å². The van der Waals surface area contributed by atoms with E-state index in [9.17, 15) is 9.18 Å². The molecule has 0 atom stereocenters. The molecule has 0 saturated heterocycles. The largest absolute Gasteiger partial charge is 0.293 e. The molecule has 0 spiro atoms. The summed E-state index contributed by atoms with van der Waals surface area (Å²) in [6, 6.07) is 15.0. The van der Waals surface area contributed by atoms with Crippen LogP contribution in [0, 0.1) is 17.7 Å². The molecule has 1 nitrogen and oxygen atoms in total. The lowest BCUT2D eigenvalue weighted by molar-refractivity contribution is 0.0998. The number of carbonyl (C=O) groups is 1. The number of rotatable bonds is 2. The zero-order valence-corrected chi connectivity index (χ0v) is 9.69. The fourth-order valence-corrected chi connectivity index (χ4v) is 1.52. The van der Waals surface area contributed by atoms with E-state index >= 15 is 0 Å². The van der Waals surface area contributed by atoms with Crippen molar-refractivity contribution < 1.29 is 9.18 Å². The van der Waals surface area contributed by atoms with Gasteiger partial charge in [0.1, 0.15) is 5.82 Å². The number of benzene rings is 2. The van der Waals surface area contributed by atoms with Crippen LogP contribution < -0.4 is 0 Å². The van der Waals surface area contributed by atoms with Crippen LogP contribution in [0.1, 0.15) is 22.3 Å². The Balaban J connectivity index is 2.03. The lowest BCUT2D eigenvalue weighted by Crippen LogP contribution is -1.96. The van der Waals surface area contributed by atoms with Crippen LogP contribution in [-0.4, -0.2) is 5.78 Å². The standard InChI is InChI=1S/C16H11FO/c17-15-10-4-6-13(12-15)7-5-11-16(18)14-8-2-1-3-9-14/h1-4,6,8-10,12H,11H2. The molecule has 0 bridgehead atoms. The van der Waals surface area contributed by atoms with Crippen molar-refractivity contribution in [2.45, 2.75) is 6.42 Å². The highest BCUT2D eigenvalue weighted by atomic mass is 19.1. The summed E-state index contributed by atoms with van der Waals surface area (Å²) in [5.74, 6) is 5.19. The summed E-state index contributed by atoms with van der Waals surface area (Å²) in [5.41, 5.74) is 1.22. The van der Waals surface area contributed by atoms with E-state index < -0.39 is 0 Å². The summed E-state index contributed by atoms with van der Waals surface area (Å²) < 4.78 is 12.9. The first-order valence-electron chi connectivity index (χ1n) is 5.58. The van der Waals surface area contributed by atoms with Gasteiger partial charge in [0.05, 0.1) is 6.42 Å². The fraction of sp³-hybridized carbons (Fsp3) is 0.0625. The summed E-state index contributed by atoms with van der Waals surface area (Å²) in [6.07, 6.45) is 0.139. The number of Topliss-reactive ketones (excluding diaryl/α,β-unsaturated/α-hetero) is 1. The molecule has 0 aromatic heterocycles. The zero-order chi connectivity index (χ0) is 12.8. The number of hydrogen-bond donors (Lipinski definition) is 0. The highest BCUT2D eigenvalue weighted by Gasteiger charge is 2.01. The maximum Gasteiger partial charge on any atom is 0.174 e. The Morgan fingerprint density at radius 3 is 2.56 bits per heavy atom. The van der Waals surface area contributed by atoms with Crippen molar-refractivity contribution in [3.05, 3.63) is 71.5 Å². The molecule has 2 aromatic carbocycles. The second-order valence-electron chi connectivity index (χ2n) is 3.78. The van der Waals surface area contributed by atoms with Crippen LogP contribution in [0.15, 0.2) is 54.6 Å². The molecular weight excluding hydrogens is 227 g/mol. The minimum Gasteiger partial charge on any atom is -0.293 e. The van der Waals surface area contributed by atoms with Crippen molar-refractivity contribution in [1.82, 2.24) is 0 Å². The average molecular weight is 238 g/mol. The Bertz CT molecular complexity index is 606. The van der Waals surface area contributed by atoms with Crippen LogP contribution in [0.3, 0.4) is 0 Å². The molecule has 0 N–H and O–H groups in total. The molecule has 0 saturated carbocycles. The summed E-state index contributed by atoms with van der Waals surface area (Å²) in [7, 11) is 0. The zero-order valence-electron chi connectivity index (χ0n) is 9.69. The van der Waals surface area contributed by atoms with E-state index in [0.717, 1.165) is 0 Å². The van der Waals surface area contributed by atoms with E-state index in [1.54, 1.807) is 24.3 Å². The fourth-order valence-electron chi connectivity index (χ4n) is 1.52.